The van der Waals surface area contributed by atoms with Gasteiger partial charge in [0.05, 0.1) is 23.8 Å². The molecule has 5 nitrogen and oxygen atoms in total. The molecule has 4 rings (SSSR count). The van der Waals surface area contributed by atoms with E-state index in [-0.39, 0.29) is 12.4 Å². The van der Waals surface area contributed by atoms with E-state index in [4.69, 9.17) is 9.47 Å². The van der Waals surface area contributed by atoms with Gasteiger partial charge in [-0.15, -0.1) is 0 Å². The monoisotopic (exact) mass is 534 g/mol. The van der Waals surface area contributed by atoms with Crippen LogP contribution in [0.1, 0.15) is 63.3 Å². The van der Waals surface area contributed by atoms with Crippen LogP contribution in [0.4, 0.5) is 22.4 Å². The zero-order valence-electron chi connectivity index (χ0n) is 22.4. The number of fused-ring (bicyclic) bond motifs is 1. The SMILES string of the molecule is CC(OCC1(c2ccc(F)cc2)CCN(C(=O)OC(C)(C)C)CC1)c1cc(C(F)(F)F)cc2ccn(C)c12. The molecule has 1 unspecified atom stereocenters. The minimum Gasteiger partial charge on any atom is -0.444 e. The van der Waals surface area contributed by atoms with Crippen molar-refractivity contribution in [1.82, 2.24) is 9.47 Å². The molecule has 0 N–H and O–H groups in total. The molecular weight excluding hydrogens is 500 g/mol. The number of aromatic nitrogens is 1. The predicted molar refractivity (Wildman–Crippen MR) is 137 cm³/mol. The van der Waals surface area contributed by atoms with Crippen LogP contribution in [0.5, 0.6) is 0 Å². The number of likely N-dealkylation sites (tertiary alicyclic amines) is 1. The van der Waals surface area contributed by atoms with E-state index in [0.29, 0.717) is 42.4 Å². The molecule has 9 heteroatoms. The number of rotatable bonds is 5. The molecule has 1 aliphatic heterocycles. The van der Waals surface area contributed by atoms with Crippen LogP contribution >= 0.6 is 0 Å². The number of aryl methyl sites for hydroxylation is 1. The normalized spacial score (nSPS) is 17.0. The van der Waals surface area contributed by atoms with Crippen LogP contribution in [0.2, 0.25) is 0 Å². The Hall–Kier alpha value is -3.07. The maximum atomic E-state index is 13.7. The molecule has 1 aliphatic rings. The minimum absolute atomic E-state index is 0.199. The maximum absolute atomic E-state index is 13.7. The summed E-state index contributed by atoms with van der Waals surface area (Å²) in [5.41, 5.74) is 0.108. The van der Waals surface area contributed by atoms with E-state index in [1.807, 2.05) is 20.8 Å². The number of hydrogen-bond acceptors (Lipinski definition) is 3. The van der Waals surface area contributed by atoms with Crippen molar-refractivity contribution in [3.05, 3.63) is 71.2 Å². The predicted octanol–water partition coefficient (Wildman–Crippen LogP) is 7.38. The minimum atomic E-state index is -4.48. The van der Waals surface area contributed by atoms with Crippen molar-refractivity contribution in [2.45, 2.75) is 63.8 Å². The molecule has 0 aliphatic carbocycles. The van der Waals surface area contributed by atoms with Crippen molar-refractivity contribution >= 4 is 17.0 Å². The van der Waals surface area contributed by atoms with E-state index >= 15 is 0 Å². The Morgan fingerprint density at radius 2 is 1.68 bits per heavy atom. The lowest BCUT2D eigenvalue weighted by atomic mass is 9.73. The van der Waals surface area contributed by atoms with Crippen LogP contribution in [0, 0.1) is 5.82 Å². The summed E-state index contributed by atoms with van der Waals surface area (Å²) < 4.78 is 68.3. The molecule has 3 aromatic rings. The van der Waals surface area contributed by atoms with Crippen LogP contribution in [-0.2, 0) is 28.1 Å². The van der Waals surface area contributed by atoms with Crippen LogP contribution in [-0.4, -0.2) is 40.9 Å². The van der Waals surface area contributed by atoms with E-state index in [1.54, 1.807) is 47.8 Å². The van der Waals surface area contributed by atoms with Gasteiger partial charge in [-0.3, -0.25) is 0 Å². The van der Waals surface area contributed by atoms with Gasteiger partial charge in [0.1, 0.15) is 11.4 Å². The lowest BCUT2D eigenvalue weighted by Gasteiger charge is -2.42. The molecule has 1 fully saturated rings. The van der Waals surface area contributed by atoms with Crippen molar-refractivity contribution in [3.63, 3.8) is 0 Å². The Labute approximate surface area is 220 Å². The molecule has 2 aromatic carbocycles. The number of carbonyl (C=O) groups excluding carboxylic acids is 1. The number of hydrogen-bond donors (Lipinski definition) is 0. The second kappa shape index (κ2) is 10.2. The van der Waals surface area contributed by atoms with E-state index in [2.05, 4.69) is 0 Å². The third-order valence-corrected chi connectivity index (χ3v) is 7.20. The Kier molecular flexibility index (Phi) is 7.54. The fourth-order valence-corrected chi connectivity index (χ4v) is 5.09. The number of piperidine rings is 1. The van der Waals surface area contributed by atoms with Gasteiger partial charge >= 0.3 is 12.3 Å². The molecule has 2 heterocycles. The second-order valence-electron chi connectivity index (χ2n) is 11.1. The fraction of sp³-hybridized carbons (Fsp3) is 0.483. The summed E-state index contributed by atoms with van der Waals surface area (Å²) >= 11 is 0. The fourth-order valence-electron chi connectivity index (χ4n) is 5.09. The Balaban J connectivity index is 1.60. The third-order valence-electron chi connectivity index (χ3n) is 7.20. The largest absolute Gasteiger partial charge is 0.444 e. The molecule has 0 bridgehead atoms. The Morgan fingerprint density at radius 3 is 2.26 bits per heavy atom. The van der Waals surface area contributed by atoms with E-state index in [1.165, 1.54) is 12.1 Å². The molecule has 38 heavy (non-hydrogen) atoms. The number of benzene rings is 2. The van der Waals surface area contributed by atoms with E-state index in [0.717, 1.165) is 17.7 Å². The highest BCUT2D eigenvalue weighted by Crippen LogP contribution is 2.40. The van der Waals surface area contributed by atoms with Gasteiger partial charge in [-0.1, -0.05) is 12.1 Å². The van der Waals surface area contributed by atoms with Gasteiger partial charge in [-0.2, -0.15) is 13.2 Å². The zero-order valence-corrected chi connectivity index (χ0v) is 22.4. The first-order valence-electron chi connectivity index (χ1n) is 12.7. The van der Waals surface area contributed by atoms with Crippen LogP contribution < -0.4 is 0 Å². The molecule has 1 amide bonds. The van der Waals surface area contributed by atoms with Crippen LogP contribution in [0.15, 0.2) is 48.7 Å². The van der Waals surface area contributed by atoms with E-state index in [9.17, 15) is 22.4 Å². The van der Waals surface area contributed by atoms with Crippen molar-refractivity contribution in [2.75, 3.05) is 19.7 Å². The van der Waals surface area contributed by atoms with Gasteiger partial charge in [0.25, 0.3) is 0 Å². The highest BCUT2D eigenvalue weighted by atomic mass is 19.4. The first-order valence-corrected chi connectivity index (χ1v) is 12.7. The molecule has 206 valence electrons. The lowest BCUT2D eigenvalue weighted by molar-refractivity contribution is -0.137. The van der Waals surface area contributed by atoms with Crippen molar-refractivity contribution < 1.29 is 31.8 Å². The van der Waals surface area contributed by atoms with Gasteiger partial charge < -0.3 is 18.9 Å². The number of ether oxygens (including phenoxy) is 2. The summed E-state index contributed by atoms with van der Waals surface area (Å²) in [6.45, 7) is 8.20. The Bertz CT molecular complexity index is 1280. The van der Waals surface area contributed by atoms with Gasteiger partial charge in [0.15, 0.2) is 0 Å². The number of halogens is 4. The molecule has 1 atom stereocenters. The van der Waals surface area contributed by atoms with Gasteiger partial charge in [-0.25, -0.2) is 9.18 Å². The topological polar surface area (TPSA) is 43.7 Å². The highest BCUT2D eigenvalue weighted by Gasteiger charge is 2.40. The summed E-state index contributed by atoms with van der Waals surface area (Å²) in [6.07, 6.45) is -2.72. The number of alkyl halides is 3. The molecule has 1 saturated heterocycles. The van der Waals surface area contributed by atoms with Gasteiger partial charge in [0, 0.05) is 42.7 Å². The molecular formula is C29H34F4N2O3. The summed E-state index contributed by atoms with van der Waals surface area (Å²) in [6, 6.07) is 10.2. The number of amides is 1. The number of nitrogens with zero attached hydrogens (tertiary/aromatic N) is 2. The summed E-state index contributed by atoms with van der Waals surface area (Å²) in [4.78, 5) is 14.3. The zero-order chi connectivity index (χ0) is 27.9. The highest BCUT2D eigenvalue weighted by molar-refractivity contribution is 5.84. The quantitative estimate of drug-likeness (QED) is 0.321. The molecule has 1 aromatic heterocycles. The van der Waals surface area contributed by atoms with Crippen LogP contribution in [0.3, 0.4) is 0 Å². The maximum Gasteiger partial charge on any atom is 0.416 e. The smallest absolute Gasteiger partial charge is 0.416 e. The van der Waals surface area contributed by atoms with Crippen LogP contribution in [0.25, 0.3) is 10.9 Å². The standard InChI is InChI=1S/C29H34F4N2O3/c1-19(24-17-22(29(31,32)33)16-20-10-13-34(5)25(20)24)37-18-28(21-6-8-23(30)9-7-21)11-14-35(15-12-28)26(36)38-27(2,3)4/h6-10,13,16-17,19H,11-12,14-15,18H2,1-5H3. The molecule has 0 radical (unpaired) electrons. The average Bonchev–Trinajstić information content (AvgIpc) is 3.22. The molecule has 0 spiro atoms. The first kappa shape index (κ1) is 28.0. The number of carbonyl (C=O) groups is 1. The van der Waals surface area contributed by atoms with Gasteiger partial charge in [0.2, 0.25) is 0 Å². The van der Waals surface area contributed by atoms with Crippen molar-refractivity contribution in [2.24, 2.45) is 7.05 Å². The van der Waals surface area contributed by atoms with Crippen molar-refractivity contribution in [1.29, 1.82) is 0 Å². The second-order valence-corrected chi connectivity index (χ2v) is 11.1. The molecule has 0 saturated carbocycles. The lowest BCUT2D eigenvalue weighted by Crippen LogP contribution is -2.48. The third kappa shape index (κ3) is 5.98. The average molecular weight is 535 g/mol. The summed E-state index contributed by atoms with van der Waals surface area (Å²) in [5.74, 6) is -0.362. The summed E-state index contributed by atoms with van der Waals surface area (Å²) in [5, 5.41) is 0.492. The van der Waals surface area contributed by atoms with Crippen molar-refractivity contribution in [3.8, 4) is 0 Å². The van der Waals surface area contributed by atoms with E-state index < -0.39 is 35.0 Å². The Morgan fingerprint density at radius 1 is 1.05 bits per heavy atom. The summed E-state index contributed by atoms with van der Waals surface area (Å²) in [7, 11) is 1.79. The van der Waals surface area contributed by atoms with Gasteiger partial charge in [-0.05, 0) is 76.4 Å². The first-order chi connectivity index (χ1) is 17.7.